The minimum Gasteiger partial charge on any atom is -0.465 e. The van der Waals surface area contributed by atoms with Gasteiger partial charge >= 0.3 is 0 Å². The second-order valence-electron chi connectivity index (χ2n) is 7.17. The first-order valence-corrected chi connectivity index (χ1v) is 9.38. The maximum absolute atomic E-state index is 12.8. The second-order valence-corrected chi connectivity index (χ2v) is 7.17. The molecule has 0 aliphatic carbocycles. The summed E-state index contributed by atoms with van der Waals surface area (Å²) in [6.07, 6.45) is 4.55. The molecule has 0 radical (unpaired) electrons. The first kappa shape index (κ1) is 18.0. The van der Waals surface area contributed by atoms with Gasteiger partial charge in [0.15, 0.2) is 0 Å². The van der Waals surface area contributed by atoms with Crippen molar-refractivity contribution in [1.29, 1.82) is 0 Å². The lowest BCUT2D eigenvalue weighted by Gasteiger charge is -2.36. The zero-order chi connectivity index (χ0) is 17.8. The Hall–Kier alpha value is -1.82. The molecule has 1 unspecified atom stereocenters. The number of carbonyl (C=O) groups is 2. The van der Waals surface area contributed by atoms with E-state index in [0.717, 1.165) is 30.9 Å². The smallest absolute Gasteiger partial charge is 0.236 e. The average molecular weight is 347 g/mol. The highest BCUT2D eigenvalue weighted by molar-refractivity contribution is 5.79. The number of carbonyl (C=O) groups excluding carboxylic acids is 2. The van der Waals surface area contributed by atoms with Crippen LogP contribution in [-0.2, 0) is 9.59 Å². The third-order valence-electron chi connectivity index (χ3n) is 5.37. The SMILES string of the molecule is CC(=O)N1CCN(C(=O)CN2CCCCCC2c2ccc(C)o2)CC1. The number of furan rings is 1. The fourth-order valence-corrected chi connectivity index (χ4v) is 3.86. The predicted molar refractivity (Wildman–Crippen MR) is 95.1 cm³/mol. The Bertz CT molecular complexity index is 605. The van der Waals surface area contributed by atoms with Gasteiger partial charge in [0.1, 0.15) is 11.5 Å². The molecular formula is C19H29N3O3. The van der Waals surface area contributed by atoms with Gasteiger partial charge in [0, 0.05) is 33.1 Å². The maximum Gasteiger partial charge on any atom is 0.236 e. The molecule has 2 fully saturated rings. The second kappa shape index (κ2) is 8.04. The fraction of sp³-hybridized carbons (Fsp3) is 0.684. The molecule has 6 nitrogen and oxygen atoms in total. The van der Waals surface area contributed by atoms with E-state index >= 15 is 0 Å². The highest BCUT2D eigenvalue weighted by Crippen LogP contribution is 2.31. The Kier molecular flexibility index (Phi) is 5.78. The normalized spacial score (nSPS) is 22.7. The molecule has 0 aromatic carbocycles. The monoisotopic (exact) mass is 347 g/mol. The van der Waals surface area contributed by atoms with E-state index in [2.05, 4.69) is 11.0 Å². The molecule has 2 aliphatic rings. The molecule has 1 atom stereocenters. The summed E-state index contributed by atoms with van der Waals surface area (Å²) in [6, 6.07) is 4.24. The van der Waals surface area contributed by atoms with Crippen LogP contribution in [0.1, 0.15) is 50.2 Å². The van der Waals surface area contributed by atoms with Crippen molar-refractivity contribution in [2.45, 2.75) is 45.6 Å². The Morgan fingerprint density at radius 2 is 1.76 bits per heavy atom. The first-order chi connectivity index (χ1) is 12.0. The number of nitrogens with zero attached hydrogens (tertiary/aromatic N) is 3. The Morgan fingerprint density at radius 1 is 1.04 bits per heavy atom. The fourth-order valence-electron chi connectivity index (χ4n) is 3.86. The summed E-state index contributed by atoms with van der Waals surface area (Å²) in [7, 11) is 0. The van der Waals surface area contributed by atoms with Gasteiger partial charge in [-0.1, -0.05) is 12.8 Å². The number of hydrogen-bond donors (Lipinski definition) is 0. The molecule has 3 heterocycles. The van der Waals surface area contributed by atoms with Gasteiger partial charge in [-0.25, -0.2) is 0 Å². The zero-order valence-electron chi connectivity index (χ0n) is 15.4. The summed E-state index contributed by atoms with van der Waals surface area (Å²) in [5, 5.41) is 0. The topological polar surface area (TPSA) is 57.0 Å². The van der Waals surface area contributed by atoms with Crippen molar-refractivity contribution in [3.63, 3.8) is 0 Å². The van der Waals surface area contributed by atoms with Crippen molar-refractivity contribution in [2.75, 3.05) is 39.3 Å². The van der Waals surface area contributed by atoms with E-state index in [9.17, 15) is 9.59 Å². The maximum atomic E-state index is 12.8. The van der Waals surface area contributed by atoms with Crippen LogP contribution < -0.4 is 0 Å². The number of rotatable bonds is 3. The molecule has 3 rings (SSSR count). The molecule has 1 aromatic heterocycles. The number of aryl methyl sites for hydroxylation is 1. The standard InChI is InChI=1S/C19H29N3O3/c1-15-7-8-18(25-15)17-6-4-3-5-9-22(17)14-19(24)21-12-10-20(11-13-21)16(2)23/h7-8,17H,3-6,9-14H2,1-2H3. The summed E-state index contributed by atoms with van der Waals surface area (Å²) >= 11 is 0. The van der Waals surface area contributed by atoms with Gasteiger partial charge in [-0.2, -0.15) is 0 Å². The molecular weight excluding hydrogens is 318 g/mol. The molecule has 0 N–H and O–H groups in total. The number of piperazine rings is 1. The van der Waals surface area contributed by atoms with Crippen molar-refractivity contribution >= 4 is 11.8 Å². The van der Waals surface area contributed by atoms with E-state index in [0.29, 0.717) is 32.7 Å². The molecule has 2 amide bonds. The number of likely N-dealkylation sites (tertiary alicyclic amines) is 1. The predicted octanol–water partition coefficient (Wildman–Crippen LogP) is 2.20. The summed E-state index contributed by atoms with van der Waals surface area (Å²) in [5.74, 6) is 2.16. The summed E-state index contributed by atoms with van der Waals surface area (Å²) < 4.78 is 5.87. The van der Waals surface area contributed by atoms with Gasteiger partial charge in [-0.15, -0.1) is 0 Å². The third kappa shape index (κ3) is 4.42. The highest BCUT2D eigenvalue weighted by atomic mass is 16.3. The molecule has 0 bridgehead atoms. The molecule has 25 heavy (non-hydrogen) atoms. The van der Waals surface area contributed by atoms with Crippen molar-refractivity contribution in [1.82, 2.24) is 14.7 Å². The molecule has 0 saturated carbocycles. The van der Waals surface area contributed by atoms with E-state index in [1.165, 1.54) is 12.8 Å². The van der Waals surface area contributed by atoms with Crippen LogP contribution in [0.2, 0.25) is 0 Å². The van der Waals surface area contributed by atoms with Gasteiger partial charge in [-0.3, -0.25) is 14.5 Å². The van der Waals surface area contributed by atoms with Crippen LogP contribution in [-0.4, -0.2) is 65.8 Å². The van der Waals surface area contributed by atoms with Crippen LogP contribution in [0.5, 0.6) is 0 Å². The molecule has 138 valence electrons. The van der Waals surface area contributed by atoms with Crippen molar-refractivity contribution in [3.8, 4) is 0 Å². The average Bonchev–Trinajstić information content (AvgIpc) is 2.90. The van der Waals surface area contributed by atoms with Crippen LogP contribution >= 0.6 is 0 Å². The van der Waals surface area contributed by atoms with Crippen LogP contribution in [0.3, 0.4) is 0 Å². The van der Waals surface area contributed by atoms with Gasteiger partial charge in [0.2, 0.25) is 11.8 Å². The largest absolute Gasteiger partial charge is 0.465 e. The lowest BCUT2D eigenvalue weighted by molar-refractivity contribution is -0.139. The van der Waals surface area contributed by atoms with E-state index in [1.54, 1.807) is 6.92 Å². The van der Waals surface area contributed by atoms with Crippen LogP contribution in [0, 0.1) is 6.92 Å². The third-order valence-corrected chi connectivity index (χ3v) is 5.37. The van der Waals surface area contributed by atoms with Crippen molar-refractivity contribution in [3.05, 3.63) is 23.7 Å². The van der Waals surface area contributed by atoms with Crippen LogP contribution in [0.4, 0.5) is 0 Å². The number of amides is 2. The van der Waals surface area contributed by atoms with Gasteiger partial charge in [-0.05, 0) is 38.4 Å². The summed E-state index contributed by atoms with van der Waals surface area (Å²) in [4.78, 5) is 30.2. The Morgan fingerprint density at radius 3 is 2.40 bits per heavy atom. The molecule has 1 aromatic rings. The Labute approximate surface area is 149 Å². The van der Waals surface area contributed by atoms with E-state index in [4.69, 9.17) is 4.42 Å². The highest BCUT2D eigenvalue weighted by Gasteiger charge is 2.29. The van der Waals surface area contributed by atoms with Crippen LogP contribution in [0.15, 0.2) is 16.5 Å². The molecule has 6 heteroatoms. The minimum atomic E-state index is 0.0906. The Balaban J connectivity index is 1.62. The summed E-state index contributed by atoms with van der Waals surface area (Å²) in [5.41, 5.74) is 0. The molecule has 2 saturated heterocycles. The quantitative estimate of drug-likeness (QED) is 0.841. The molecule has 0 spiro atoms. The zero-order valence-corrected chi connectivity index (χ0v) is 15.4. The van der Waals surface area contributed by atoms with Gasteiger partial charge in [0.25, 0.3) is 0 Å². The van der Waals surface area contributed by atoms with Crippen molar-refractivity contribution < 1.29 is 14.0 Å². The van der Waals surface area contributed by atoms with Gasteiger partial charge in [0.05, 0.1) is 12.6 Å². The summed E-state index contributed by atoms with van der Waals surface area (Å²) in [6.45, 7) is 7.47. The molecule has 2 aliphatic heterocycles. The minimum absolute atomic E-state index is 0.0906. The van der Waals surface area contributed by atoms with Crippen molar-refractivity contribution in [2.24, 2.45) is 0 Å². The van der Waals surface area contributed by atoms with E-state index < -0.39 is 0 Å². The van der Waals surface area contributed by atoms with Gasteiger partial charge < -0.3 is 14.2 Å². The van der Waals surface area contributed by atoms with E-state index in [1.807, 2.05) is 22.8 Å². The van der Waals surface area contributed by atoms with Crippen LogP contribution in [0.25, 0.3) is 0 Å². The number of hydrogen-bond acceptors (Lipinski definition) is 4. The lowest BCUT2D eigenvalue weighted by Crippen LogP contribution is -2.52. The van der Waals surface area contributed by atoms with E-state index in [-0.39, 0.29) is 17.9 Å². The lowest BCUT2D eigenvalue weighted by atomic mass is 10.1. The first-order valence-electron chi connectivity index (χ1n) is 9.38.